The maximum atomic E-state index is 6.06. The van der Waals surface area contributed by atoms with Gasteiger partial charge in [-0.15, -0.1) is 0 Å². The van der Waals surface area contributed by atoms with E-state index in [1.807, 2.05) is 0 Å². The molecule has 98 valence electrons. The Labute approximate surface area is 109 Å². The predicted molar refractivity (Wildman–Crippen MR) is 77.1 cm³/mol. The molecule has 0 aliphatic rings. The zero-order chi connectivity index (χ0) is 13.3. The first-order valence-electron chi connectivity index (χ1n) is 6.78. The lowest BCUT2D eigenvalue weighted by atomic mass is 10.0. The minimum absolute atomic E-state index is 0.274. The van der Waals surface area contributed by atoms with Crippen molar-refractivity contribution in [2.75, 3.05) is 6.54 Å². The van der Waals surface area contributed by atoms with Crippen molar-refractivity contribution >= 4 is 11.0 Å². The van der Waals surface area contributed by atoms with Crippen molar-refractivity contribution in [1.82, 2.24) is 5.32 Å². The molecule has 18 heavy (non-hydrogen) atoms. The van der Waals surface area contributed by atoms with Gasteiger partial charge >= 0.3 is 0 Å². The van der Waals surface area contributed by atoms with Crippen LogP contribution < -0.4 is 5.32 Å². The van der Waals surface area contributed by atoms with Gasteiger partial charge in [-0.3, -0.25) is 0 Å². The zero-order valence-electron chi connectivity index (χ0n) is 12.1. The summed E-state index contributed by atoms with van der Waals surface area (Å²) < 4.78 is 6.06. The smallest absolute Gasteiger partial charge is 0.137 e. The van der Waals surface area contributed by atoms with E-state index in [0.717, 1.165) is 24.3 Å². The Bertz CT molecular complexity index is 554. The van der Waals surface area contributed by atoms with Gasteiger partial charge in [0.2, 0.25) is 0 Å². The topological polar surface area (TPSA) is 25.2 Å². The Balaban J connectivity index is 2.44. The second kappa shape index (κ2) is 5.15. The van der Waals surface area contributed by atoms with Crippen LogP contribution in [0.5, 0.6) is 0 Å². The normalized spacial score (nSPS) is 13.2. The third-order valence-electron chi connectivity index (χ3n) is 3.67. The first-order valence-corrected chi connectivity index (χ1v) is 6.78. The summed E-state index contributed by atoms with van der Waals surface area (Å²) >= 11 is 0. The zero-order valence-corrected chi connectivity index (χ0v) is 12.1. The quantitative estimate of drug-likeness (QED) is 0.862. The van der Waals surface area contributed by atoms with Crippen LogP contribution in [-0.2, 0) is 0 Å². The summed E-state index contributed by atoms with van der Waals surface area (Å²) in [7, 11) is 0. The molecular formula is C16H23NO. The molecule has 2 heteroatoms. The molecule has 2 rings (SSSR count). The number of nitrogens with one attached hydrogen (secondary N) is 1. The van der Waals surface area contributed by atoms with E-state index in [9.17, 15) is 0 Å². The molecule has 0 spiro atoms. The Morgan fingerprint density at radius 1 is 1.17 bits per heavy atom. The highest BCUT2D eigenvalue weighted by Gasteiger charge is 2.14. The van der Waals surface area contributed by atoms with Gasteiger partial charge in [0.25, 0.3) is 0 Å². The number of furan rings is 1. The molecule has 0 saturated carbocycles. The van der Waals surface area contributed by atoms with Crippen molar-refractivity contribution in [2.45, 2.75) is 47.1 Å². The van der Waals surface area contributed by atoms with Crippen LogP contribution in [0.2, 0.25) is 0 Å². The summed E-state index contributed by atoms with van der Waals surface area (Å²) in [5.41, 5.74) is 4.90. The van der Waals surface area contributed by atoms with Crippen LogP contribution in [-0.4, -0.2) is 6.54 Å². The highest BCUT2D eigenvalue weighted by Crippen LogP contribution is 2.30. The van der Waals surface area contributed by atoms with E-state index < -0.39 is 0 Å². The van der Waals surface area contributed by atoms with E-state index in [-0.39, 0.29) is 6.04 Å². The number of aryl methyl sites for hydroxylation is 3. The fourth-order valence-corrected chi connectivity index (χ4v) is 2.35. The molecule has 0 saturated heterocycles. The van der Waals surface area contributed by atoms with Gasteiger partial charge in [0.15, 0.2) is 0 Å². The van der Waals surface area contributed by atoms with Crippen molar-refractivity contribution in [1.29, 1.82) is 0 Å². The average molecular weight is 245 g/mol. The van der Waals surface area contributed by atoms with Gasteiger partial charge in [-0.05, 0) is 63.4 Å². The molecule has 0 aliphatic heterocycles. The number of fused-ring (bicyclic) bond motifs is 1. The lowest BCUT2D eigenvalue weighted by Gasteiger charge is -2.09. The summed E-state index contributed by atoms with van der Waals surface area (Å²) in [5, 5.41) is 4.72. The van der Waals surface area contributed by atoms with Crippen LogP contribution >= 0.6 is 0 Å². The summed E-state index contributed by atoms with van der Waals surface area (Å²) in [6.45, 7) is 11.8. The maximum absolute atomic E-state index is 6.06. The second-order valence-electron chi connectivity index (χ2n) is 5.20. The van der Waals surface area contributed by atoms with Crippen LogP contribution in [0.1, 0.15) is 48.8 Å². The molecule has 2 nitrogen and oxygen atoms in total. The molecule has 1 aromatic carbocycles. The van der Waals surface area contributed by atoms with Crippen molar-refractivity contribution in [3.63, 3.8) is 0 Å². The van der Waals surface area contributed by atoms with E-state index in [2.05, 4.69) is 52.1 Å². The van der Waals surface area contributed by atoms with E-state index >= 15 is 0 Å². The third kappa shape index (κ3) is 2.30. The lowest BCUT2D eigenvalue weighted by Crippen LogP contribution is -2.18. The van der Waals surface area contributed by atoms with E-state index in [0.29, 0.717) is 0 Å². The van der Waals surface area contributed by atoms with Gasteiger partial charge in [-0.25, -0.2) is 0 Å². The SMILES string of the molecule is CCCNC(C)c1cc2c(C)cc(C)c(C)c2o1. The molecule has 0 aliphatic carbocycles. The van der Waals surface area contributed by atoms with Crippen molar-refractivity contribution in [2.24, 2.45) is 0 Å². The second-order valence-corrected chi connectivity index (χ2v) is 5.20. The minimum atomic E-state index is 0.274. The van der Waals surface area contributed by atoms with Crippen LogP contribution in [0, 0.1) is 20.8 Å². The largest absolute Gasteiger partial charge is 0.459 e. The Morgan fingerprint density at radius 2 is 1.89 bits per heavy atom. The monoisotopic (exact) mass is 245 g/mol. The number of hydrogen-bond donors (Lipinski definition) is 1. The molecule has 1 aromatic heterocycles. The number of rotatable bonds is 4. The molecule has 2 aromatic rings. The Kier molecular flexibility index (Phi) is 3.76. The van der Waals surface area contributed by atoms with Crippen LogP contribution in [0.4, 0.5) is 0 Å². The summed E-state index contributed by atoms with van der Waals surface area (Å²) in [5.74, 6) is 1.04. The molecule has 1 atom stereocenters. The number of benzene rings is 1. The van der Waals surface area contributed by atoms with E-state index in [1.165, 1.54) is 22.1 Å². The van der Waals surface area contributed by atoms with Gasteiger partial charge in [-0.1, -0.05) is 13.0 Å². The summed E-state index contributed by atoms with van der Waals surface area (Å²) in [6, 6.07) is 4.70. The molecular weight excluding hydrogens is 222 g/mol. The van der Waals surface area contributed by atoms with Gasteiger partial charge in [-0.2, -0.15) is 0 Å². The van der Waals surface area contributed by atoms with Crippen molar-refractivity contribution in [3.8, 4) is 0 Å². The lowest BCUT2D eigenvalue weighted by molar-refractivity contribution is 0.451. The van der Waals surface area contributed by atoms with Crippen LogP contribution in [0.15, 0.2) is 16.5 Å². The summed E-state index contributed by atoms with van der Waals surface area (Å²) in [4.78, 5) is 0. The predicted octanol–water partition coefficient (Wildman–Crippen LogP) is 4.42. The molecule has 1 unspecified atom stereocenters. The molecule has 1 N–H and O–H groups in total. The molecule has 0 bridgehead atoms. The highest BCUT2D eigenvalue weighted by molar-refractivity contribution is 5.85. The van der Waals surface area contributed by atoms with Gasteiger partial charge in [0.05, 0.1) is 6.04 Å². The average Bonchev–Trinajstić information content (AvgIpc) is 2.79. The first-order chi connectivity index (χ1) is 8.54. The standard InChI is InChI=1S/C16H23NO/c1-6-7-17-13(5)15-9-14-11(3)8-10(2)12(4)16(14)18-15/h8-9,13,17H,6-7H2,1-5H3. The van der Waals surface area contributed by atoms with Crippen LogP contribution in [0.25, 0.3) is 11.0 Å². The van der Waals surface area contributed by atoms with Gasteiger partial charge in [0, 0.05) is 5.39 Å². The van der Waals surface area contributed by atoms with E-state index in [1.54, 1.807) is 0 Å². The van der Waals surface area contributed by atoms with E-state index in [4.69, 9.17) is 4.42 Å². The van der Waals surface area contributed by atoms with Crippen molar-refractivity contribution in [3.05, 3.63) is 34.6 Å². The molecule has 0 radical (unpaired) electrons. The van der Waals surface area contributed by atoms with Gasteiger partial charge in [0.1, 0.15) is 11.3 Å². The third-order valence-corrected chi connectivity index (χ3v) is 3.67. The molecule has 0 fully saturated rings. The Hall–Kier alpha value is -1.28. The molecule has 0 amide bonds. The van der Waals surface area contributed by atoms with Gasteiger partial charge < -0.3 is 9.73 Å². The minimum Gasteiger partial charge on any atom is -0.459 e. The molecule has 1 heterocycles. The fraction of sp³-hybridized carbons (Fsp3) is 0.500. The van der Waals surface area contributed by atoms with Crippen molar-refractivity contribution < 1.29 is 4.42 Å². The summed E-state index contributed by atoms with van der Waals surface area (Å²) in [6.07, 6.45) is 1.14. The van der Waals surface area contributed by atoms with Crippen LogP contribution in [0.3, 0.4) is 0 Å². The maximum Gasteiger partial charge on any atom is 0.137 e. The number of hydrogen-bond acceptors (Lipinski definition) is 2. The fourth-order valence-electron chi connectivity index (χ4n) is 2.35. The Morgan fingerprint density at radius 3 is 2.56 bits per heavy atom. The first kappa shape index (κ1) is 13.2. The highest BCUT2D eigenvalue weighted by atomic mass is 16.3.